The maximum Gasteiger partial charge on any atom is 0.261 e. The molecule has 0 heterocycles. The van der Waals surface area contributed by atoms with Crippen LogP contribution < -0.4 is 14.8 Å². The summed E-state index contributed by atoms with van der Waals surface area (Å²) >= 11 is 5.98. The average molecular weight is 431 g/mol. The molecule has 0 saturated carbocycles. The fourth-order valence-corrected chi connectivity index (χ4v) is 3.97. The largest absolute Gasteiger partial charge is 0.495 e. The third-order valence-corrected chi connectivity index (χ3v) is 5.70. The minimum Gasteiger partial charge on any atom is -0.495 e. The Morgan fingerprint density at radius 3 is 2.48 bits per heavy atom. The van der Waals surface area contributed by atoms with Crippen molar-refractivity contribution in [2.24, 2.45) is 0 Å². The van der Waals surface area contributed by atoms with Gasteiger partial charge >= 0.3 is 0 Å². The number of halogens is 1. The molecular formula is C21H19ClN2O4S. The van der Waals surface area contributed by atoms with Crippen LogP contribution in [0.5, 0.6) is 5.75 Å². The van der Waals surface area contributed by atoms with Gasteiger partial charge in [0.1, 0.15) is 5.75 Å². The number of rotatable bonds is 6. The smallest absolute Gasteiger partial charge is 0.261 e. The fraction of sp³-hybridized carbons (Fsp3) is 0.0952. The van der Waals surface area contributed by atoms with Crippen molar-refractivity contribution >= 4 is 38.9 Å². The van der Waals surface area contributed by atoms with Gasteiger partial charge in [-0.05, 0) is 61.0 Å². The maximum absolute atomic E-state index is 12.7. The van der Waals surface area contributed by atoms with Crippen LogP contribution in [0.4, 0.5) is 11.4 Å². The topological polar surface area (TPSA) is 84.5 Å². The number of hydrogen-bond acceptors (Lipinski definition) is 4. The van der Waals surface area contributed by atoms with E-state index >= 15 is 0 Å². The molecule has 0 aliphatic rings. The number of aryl methyl sites for hydroxylation is 1. The number of nitrogens with one attached hydrogen (secondary N) is 2. The summed E-state index contributed by atoms with van der Waals surface area (Å²) in [6.45, 7) is 1.87. The van der Waals surface area contributed by atoms with Gasteiger partial charge < -0.3 is 10.1 Å². The predicted molar refractivity (Wildman–Crippen MR) is 114 cm³/mol. The number of sulfonamides is 1. The van der Waals surface area contributed by atoms with E-state index in [2.05, 4.69) is 10.0 Å². The van der Waals surface area contributed by atoms with E-state index in [9.17, 15) is 13.2 Å². The van der Waals surface area contributed by atoms with Gasteiger partial charge in [-0.1, -0.05) is 29.8 Å². The first kappa shape index (κ1) is 20.7. The van der Waals surface area contributed by atoms with Gasteiger partial charge in [-0.3, -0.25) is 9.52 Å². The molecule has 3 rings (SSSR count). The lowest BCUT2D eigenvalue weighted by atomic mass is 10.2. The van der Waals surface area contributed by atoms with Gasteiger partial charge in [0.05, 0.1) is 17.7 Å². The number of carbonyl (C=O) groups is 1. The number of ether oxygens (including phenoxy) is 1. The van der Waals surface area contributed by atoms with Crippen LogP contribution in [0.15, 0.2) is 71.6 Å². The Morgan fingerprint density at radius 2 is 1.76 bits per heavy atom. The van der Waals surface area contributed by atoms with Gasteiger partial charge in [0.2, 0.25) is 0 Å². The highest BCUT2D eigenvalue weighted by Crippen LogP contribution is 2.28. The second-order valence-corrected chi connectivity index (χ2v) is 8.42. The summed E-state index contributed by atoms with van der Waals surface area (Å²) < 4.78 is 33.2. The molecule has 0 aromatic heterocycles. The van der Waals surface area contributed by atoms with E-state index in [0.29, 0.717) is 22.1 Å². The van der Waals surface area contributed by atoms with Crippen LogP contribution in [0.1, 0.15) is 15.9 Å². The van der Waals surface area contributed by atoms with Crippen LogP contribution >= 0.6 is 11.6 Å². The van der Waals surface area contributed by atoms with E-state index in [0.717, 1.165) is 5.56 Å². The third kappa shape index (κ3) is 5.07. The van der Waals surface area contributed by atoms with Crippen LogP contribution in [0.3, 0.4) is 0 Å². The van der Waals surface area contributed by atoms with Crippen LogP contribution in [0.2, 0.25) is 5.02 Å². The van der Waals surface area contributed by atoms with Gasteiger partial charge in [-0.15, -0.1) is 0 Å². The van der Waals surface area contributed by atoms with Crippen LogP contribution in [0.25, 0.3) is 0 Å². The highest BCUT2D eigenvalue weighted by atomic mass is 35.5. The second kappa shape index (κ2) is 8.55. The predicted octanol–water partition coefficient (Wildman–Crippen LogP) is 4.71. The van der Waals surface area contributed by atoms with E-state index in [-0.39, 0.29) is 10.5 Å². The zero-order valence-corrected chi connectivity index (χ0v) is 17.3. The van der Waals surface area contributed by atoms with E-state index < -0.39 is 15.9 Å². The molecule has 6 nitrogen and oxygen atoms in total. The highest BCUT2D eigenvalue weighted by molar-refractivity contribution is 7.92. The Bertz CT molecular complexity index is 1160. The first-order valence-electron chi connectivity index (χ1n) is 8.63. The van der Waals surface area contributed by atoms with Crippen LogP contribution in [-0.2, 0) is 10.0 Å². The molecule has 1 amide bonds. The molecule has 0 spiro atoms. The molecule has 0 fully saturated rings. The Hall–Kier alpha value is -3.03. The van der Waals surface area contributed by atoms with Crippen LogP contribution in [-0.4, -0.2) is 21.4 Å². The summed E-state index contributed by atoms with van der Waals surface area (Å²) in [5.74, 6) is -0.0502. The summed E-state index contributed by atoms with van der Waals surface area (Å²) in [4.78, 5) is 12.6. The molecular weight excluding hydrogens is 412 g/mol. The molecule has 0 atom stereocenters. The summed E-state index contributed by atoms with van der Waals surface area (Å²) in [6.07, 6.45) is 0. The number of methoxy groups -OCH3 is 1. The molecule has 0 unspecified atom stereocenters. The van der Waals surface area contributed by atoms with Crippen LogP contribution in [0, 0.1) is 6.92 Å². The van der Waals surface area contributed by atoms with Crippen molar-refractivity contribution in [3.63, 3.8) is 0 Å². The highest BCUT2D eigenvalue weighted by Gasteiger charge is 2.17. The van der Waals surface area contributed by atoms with Gasteiger partial charge in [-0.25, -0.2) is 8.42 Å². The third-order valence-electron chi connectivity index (χ3n) is 4.09. The quantitative estimate of drug-likeness (QED) is 0.593. The minimum absolute atomic E-state index is 0.0234. The lowest BCUT2D eigenvalue weighted by Gasteiger charge is -2.12. The summed E-state index contributed by atoms with van der Waals surface area (Å²) in [5, 5.41) is 3.12. The molecule has 150 valence electrons. The van der Waals surface area contributed by atoms with Gasteiger partial charge in [-0.2, -0.15) is 0 Å². The van der Waals surface area contributed by atoms with Crippen molar-refractivity contribution in [1.29, 1.82) is 0 Å². The first-order chi connectivity index (χ1) is 13.8. The Kier molecular flexibility index (Phi) is 6.10. The lowest BCUT2D eigenvalue weighted by Crippen LogP contribution is -2.16. The van der Waals surface area contributed by atoms with Gasteiger partial charge in [0, 0.05) is 16.3 Å². The number of hydrogen-bond donors (Lipinski definition) is 2. The van der Waals surface area contributed by atoms with E-state index in [4.69, 9.17) is 16.3 Å². The summed E-state index contributed by atoms with van der Waals surface area (Å²) in [5.41, 5.74) is 1.94. The zero-order chi connectivity index (χ0) is 21.0. The number of amides is 1. The Labute approximate surface area is 174 Å². The SMILES string of the molecule is COc1ccc(Cl)cc1NC(=O)c1cccc(S(=O)(=O)Nc2cccc(C)c2)c1. The lowest BCUT2D eigenvalue weighted by molar-refractivity contribution is 0.102. The molecule has 0 bridgehead atoms. The van der Waals surface area contributed by atoms with E-state index in [1.54, 1.807) is 36.4 Å². The average Bonchev–Trinajstić information content (AvgIpc) is 2.68. The molecule has 0 aliphatic carbocycles. The van der Waals surface area contributed by atoms with Crippen molar-refractivity contribution in [1.82, 2.24) is 0 Å². The molecule has 0 radical (unpaired) electrons. The van der Waals surface area contributed by atoms with E-state index in [1.165, 1.54) is 31.4 Å². The van der Waals surface area contributed by atoms with Crippen molar-refractivity contribution in [2.45, 2.75) is 11.8 Å². The normalized spacial score (nSPS) is 11.0. The van der Waals surface area contributed by atoms with Gasteiger partial charge in [0.15, 0.2) is 0 Å². The Balaban J connectivity index is 1.85. The molecule has 3 aromatic carbocycles. The molecule has 3 aromatic rings. The minimum atomic E-state index is -3.85. The zero-order valence-electron chi connectivity index (χ0n) is 15.8. The second-order valence-electron chi connectivity index (χ2n) is 6.30. The number of carbonyl (C=O) groups excluding carboxylic acids is 1. The number of anilines is 2. The molecule has 0 saturated heterocycles. The molecule has 0 aliphatic heterocycles. The summed E-state index contributed by atoms with van der Waals surface area (Å²) in [7, 11) is -2.38. The van der Waals surface area contributed by atoms with Crippen molar-refractivity contribution in [3.8, 4) is 5.75 Å². The fourth-order valence-electron chi connectivity index (χ4n) is 2.70. The molecule has 29 heavy (non-hydrogen) atoms. The van der Waals surface area contributed by atoms with Crippen molar-refractivity contribution in [3.05, 3.63) is 82.9 Å². The standard InChI is InChI=1S/C21H19ClN2O4S/c1-14-5-3-7-17(11-14)24-29(26,27)18-8-4-6-15(12-18)21(25)23-19-13-16(22)9-10-20(19)28-2/h3-13,24H,1-2H3,(H,23,25). The molecule has 8 heteroatoms. The number of benzene rings is 3. The maximum atomic E-state index is 12.7. The van der Waals surface area contributed by atoms with Gasteiger partial charge in [0.25, 0.3) is 15.9 Å². The monoisotopic (exact) mass is 430 g/mol. The first-order valence-corrected chi connectivity index (χ1v) is 10.5. The van der Waals surface area contributed by atoms with Crippen molar-refractivity contribution < 1.29 is 17.9 Å². The Morgan fingerprint density at radius 1 is 1.00 bits per heavy atom. The molecule has 2 N–H and O–H groups in total. The summed E-state index contributed by atoms with van der Waals surface area (Å²) in [6, 6.07) is 17.6. The van der Waals surface area contributed by atoms with E-state index in [1.807, 2.05) is 13.0 Å². The van der Waals surface area contributed by atoms with Crippen molar-refractivity contribution in [2.75, 3.05) is 17.1 Å².